The Labute approximate surface area is 162 Å². The number of hydrogen-bond acceptors (Lipinski definition) is 5. The van der Waals surface area contributed by atoms with Gasteiger partial charge in [-0.15, -0.1) is 10.2 Å². The van der Waals surface area contributed by atoms with Gasteiger partial charge in [0.25, 0.3) is 0 Å². The van der Waals surface area contributed by atoms with Crippen LogP contribution >= 0.6 is 0 Å². The monoisotopic (exact) mass is 374 g/mol. The largest absolute Gasteiger partial charge is 0.378 e. The van der Waals surface area contributed by atoms with Crippen LogP contribution in [0.4, 0.5) is 5.69 Å². The van der Waals surface area contributed by atoms with Crippen molar-refractivity contribution in [1.29, 1.82) is 0 Å². The fourth-order valence-electron chi connectivity index (χ4n) is 3.67. The molecule has 0 aliphatic carbocycles. The molecule has 0 bridgehead atoms. The molecule has 0 unspecified atom stereocenters. The standard InChI is InChI=1S/C20H22N8/c1-2-6-15(7-3-1)20-16(11-22-26-20)10-21-17-12-23-27(13-17)14-19-25-24-18-8-4-5-9-28(18)19/h1-3,6-7,11-13,21H,4-5,8-10,14H2,(H,22,26). The average Bonchev–Trinajstić information content (AvgIpc) is 3.48. The van der Waals surface area contributed by atoms with Gasteiger partial charge in [-0.2, -0.15) is 10.2 Å². The van der Waals surface area contributed by atoms with Gasteiger partial charge in [-0.05, 0) is 18.4 Å². The van der Waals surface area contributed by atoms with E-state index in [1.54, 1.807) is 0 Å². The van der Waals surface area contributed by atoms with Crippen molar-refractivity contribution in [2.24, 2.45) is 0 Å². The van der Waals surface area contributed by atoms with Crippen LogP contribution in [0.2, 0.25) is 0 Å². The molecule has 0 radical (unpaired) electrons. The van der Waals surface area contributed by atoms with Gasteiger partial charge in [0.1, 0.15) is 12.4 Å². The molecule has 4 heterocycles. The number of benzene rings is 1. The highest BCUT2D eigenvalue weighted by molar-refractivity contribution is 5.62. The minimum absolute atomic E-state index is 0.635. The van der Waals surface area contributed by atoms with E-state index in [-0.39, 0.29) is 0 Å². The van der Waals surface area contributed by atoms with Crippen LogP contribution in [0, 0.1) is 0 Å². The van der Waals surface area contributed by atoms with E-state index in [4.69, 9.17) is 0 Å². The number of rotatable bonds is 6. The van der Waals surface area contributed by atoms with Crippen molar-refractivity contribution in [3.63, 3.8) is 0 Å². The van der Waals surface area contributed by atoms with Gasteiger partial charge >= 0.3 is 0 Å². The van der Waals surface area contributed by atoms with Crippen molar-refractivity contribution in [2.45, 2.75) is 38.9 Å². The van der Waals surface area contributed by atoms with Crippen LogP contribution in [0.15, 0.2) is 48.9 Å². The molecule has 5 rings (SSSR count). The quantitative estimate of drug-likeness (QED) is 0.542. The molecule has 0 amide bonds. The third-order valence-corrected chi connectivity index (χ3v) is 5.14. The van der Waals surface area contributed by atoms with Crippen LogP contribution < -0.4 is 5.32 Å². The molecule has 4 aromatic rings. The fraction of sp³-hybridized carbons (Fsp3) is 0.300. The Bertz CT molecular complexity index is 1060. The average molecular weight is 374 g/mol. The number of aromatic amines is 1. The smallest absolute Gasteiger partial charge is 0.154 e. The summed E-state index contributed by atoms with van der Waals surface area (Å²) in [6.07, 6.45) is 9.13. The lowest BCUT2D eigenvalue weighted by Gasteiger charge is -2.14. The van der Waals surface area contributed by atoms with Gasteiger partial charge < -0.3 is 9.88 Å². The molecule has 3 aromatic heterocycles. The molecule has 1 aliphatic rings. The molecule has 1 aliphatic heterocycles. The molecule has 0 fully saturated rings. The first-order valence-electron chi connectivity index (χ1n) is 9.62. The maximum atomic E-state index is 4.47. The number of nitrogens with one attached hydrogen (secondary N) is 2. The number of fused-ring (bicyclic) bond motifs is 1. The summed E-state index contributed by atoms with van der Waals surface area (Å²) < 4.78 is 4.14. The van der Waals surface area contributed by atoms with E-state index in [1.807, 2.05) is 41.5 Å². The topological polar surface area (TPSA) is 89.2 Å². The Balaban J connectivity index is 1.26. The van der Waals surface area contributed by atoms with Gasteiger partial charge in [0, 0.05) is 31.3 Å². The number of anilines is 1. The second kappa shape index (κ2) is 7.30. The first kappa shape index (κ1) is 16.7. The molecule has 8 nitrogen and oxygen atoms in total. The molecular weight excluding hydrogens is 352 g/mol. The second-order valence-electron chi connectivity index (χ2n) is 7.06. The van der Waals surface area contributed by atoms with Crippen LogP contribution in [-0.4, -0.2) is 34.7 Å². The molecule has 1 aromatic carbocycles. The lowest BCUT2D eigenvalue weighted by Crippen LogP contribution is -2.15. The molecule has 0 spiro atoms. The zero-order valence-corrected chi connectivity index (χ0v) is 15.5. The van der Waals surface area contributed by atoms with Crippen LogP contribution in [0.25, 0.3) is 11.3 Å². The van der Waals surface area contributed by atoms with Gasteiger partial charge in [-0.25, -0.2) is 0 Å². The maximum absolute atomic E-state index is 4.47. The van der Waals surface area contributed by atoms with E-state index < -0.39 is 0 Å². The minimum Gasteiger partial charge on any atom is -0.378 e. The highest BCUT2D eigenvalue weighted by Crippen LogP contribution is 2.21. The molecule has 0 atom stereocenters. The summed E-state index contributed by atoms with van der Waals surface area (Å²) in [5, 5.41) is 23.9. The van der Waals surface area contributed by atoms with Crippen LogP contribution in [0.1, 0.15) is 30.1 Å². The van der Waals surface area contributed by atoms with Gasteiger partial charge in [0.05, 0.1) is 23.8 Å². The molecule has 8 heteroatoms. The third-order valence-electron chi connectivity index (χ3n) is 5.14. The van der Waals surface area contributed by atoms with E-state index in [1.165, 1.54) is 12.8 Å². The van der Waals surface area contributed by atoms with Crippen LogP contribution in [-0.2, 0) is 26.1 Å². The summed E-state index contributed by atoms with van der Waals surface area (Å²) >= 11 is 0. The SMILES string of the molecule is c1ccc(-c2[nH]ncc2CNc2cnn(Cc3nnc4n3CCCC4)c2)cc1. The summed E-state index contributed by atoms with van der Waals surface area (Å²) in [5.74, 6) is 2.07. The summed E-state index contributed by atoms with van der Waals surface area (Å²) in [6.45, 7) is 2.31. The van der Waals surface area contributed by atoms with Crippen LogP contribution in [0.3, 0.4) is 0 Å². The number of H-pyrrole nitrogens is 1. The zero-order valence-electron chi connectivity index (χ0n) is 15.5. The maximum Gasteiger partial charge on any atom is 0.154 e. The molecule has 28 heavy (non-hydrogen) atoms. The molecule has 2 N–H and O–H groups in total. The lowest BCUT2D eigenvalue weighted by atomic mass is 10.1. The third kappa shape index (κ3) is 3.28. The highest BCUT2D eigenvalue weighted by Gasteiger charge is 2.16. The van der Waals surface area contributed by atoms with Gasteiger partial charge in [0.15, 0.2) is 5.82 Å². The molecule has 142 valence electrons. The van der Waals surface area contributed by atoms with E-state index in [0.717, 1.165) is 47.1 Å². The van der Waals surface area contributed by atoms with Crippen molar-refractivity contribution in [1.82, 2.24) is 34.7 Å². The fourth-order valence-corrected chi connectivity index (χ4v) is 3.67. The Hall–Kier alpha value is -3.42. The molecular formula is C20H22N8. The van der Waals surface area contributed by atoms with E-state index in [2.05, 4.69) is 47.5 Å². The predicted molar refractivity (Wildman–Crippen MR) is 106 cm³/mol. The Morgan fingerprint density at radius 1 is 1.07 bits per heavy atom. The number of nitrogens with zero attached hydrogens (tertiary/aromatic N) is 6. The van der Waals surface area contributed by atoms with E-state index in [0.29, 0.717) is 13.1 Å². The normalized spacial score (nSPS) is 13.4. The van der Waals surface area contributed by atoms with Crippen molar-refractivity contribution < 1.29 is 0 Å². The van der Waals surface area contributed by atoms with Crippen molar-refractivity contribution in [2.75, 3.05) is 5.32 Å². The molecule has 0 saturated carbocycles. The minimum atomic E-state index is 0.635. The number of hydrogen-bond donors (Lipinski definition) is 2. The summed E-state index contributed by atoms with van der Waals surface area (Å²) in [6, 6.07) is 10.2. The summed E-state index contributed by atoms with van der Waals surface area (Å²) in [4.78, 5) is 0. The van der Waals surface area contributed by atoms with Gasteiger partial charge in [0.2, 0.25) is 0 Å². The Morgan fingerprint density at radius 3 is 2.93 bits per heavy atom. The first-order valence-corrected chi connectivity index (χ1v) is 9.62. The summed E-state index contributed by atoms with van der Waals surface area (Å²) in [7, 11) is 0. The Kier molecular flexibility index (Phi) is 4.36. The highest BCUT2D eigenvalue weighted by atomic mass is 15.3. The van der Waals surface area contributed by atoms with E-state index >= 15 is 0 Å². The molecule has 0 saturated heterocycles. The second-order valence-corrected chi connectivity index (χ2v) is 7.06. The van der Waals surface area contributed by atoms with Gasteiger partial charge in [-0.3, -0.25) is 9.78 Å². The van der Waals surface area contributed by atoms with E-state index in [9.17, 15) is 0 Å². The van der Waals surface area contributed by atoms with Crippen molar-refractivity contribution in [3.05, 3.63) is 66.1 Å². The van der Waals surface area contributed by atoms with Gasteiger partial charge in [-0.1, -0.05) is 30.3 Å². The van der Waals surface area contributed by atoms with Crippen LogP contribution in [0.5, 0.6) is 0 Å². The van der Waals surface area contributed by atoms with Crippen molar-refractivity contribution >= 4 is 5.69 Å². The lowest BCUT2D eigenvalue weighted by molar-refractivity contribution is 0.496. The number of aromatic nitrogens is 7. The first-order chi connectivity index (χ1) is 13.9. The summed E-state index contributed by atoms with van der Waals surface area (Å²) in [5.41, 5.74) is 4.25. The predicted octanol–water partition coefficient (Wildman–Crippen LogP) is 2.86. The van der Waals surface area contributed by atoms with Crippen molar-refractivity contribution in [3.8, 4) is 11.3 Å². The zero-order chi connectivity index (χ0) is 18.8. The number of aryl methyl sites for hydroxylation is 1. The Morgan fingerprint density at radius 2 is 2.00 bits per heavy atom.